The number of esters is 1. The lowest BCUT2D eigenvalue weighted by atomic mass is 9.76. The smallest absolute Gasteiger partial charge is 0.312 e. The van der Waals surface area contributed by atoms with Crippen LogP contribution in [0.3, 0.4) is 0 Å². The minimum atomic E-state index is -0.477. The van der Waals surface area contributed by atoms with Crippen LogP contribution in [-0.4, -0.2) is 64.7 Å². The number of hydrogen-bond acceptors (Lipinski definition) is 8. The Hall–Kier alpha value is -2.26. The quantitative estimate of drug-likeness (QED) is 0.705. The van der Waals surface area contributed by atoms with Gasteiger partial charge in [-0.2, -0.15) is 11.3 Å². The van der Waals surface area contributed by atoms with E-state index in [2.05, 4.69) is 31.9 Å². The van der Waals surface area contributed by atoms with E-state index in [4.69, 9.17) is 9.15 Å². The molecule has 28 heavy (non-hydrogen) atoms. The van der Waals surface area contributed by atoms with Gasteiger partial charge in [-0.3, -0.25) is 14.5 Å². The molecule has 2 aromatic heterocycles. The van der Waals surface area contributed by atoms with Crippen LogP contribution in [0.1, 0.15) is 41.4 Å². The normalized spacial score (nSPS) is 21.5. The first-order chi connectivity index (χ1) is 13.4. The number of carbonyl (C=O) groups excluding carboxylic acids is 2. The van der Waals surface area contributed by atoms with E-state index >= 15 is 0 Å². The molecule has 1 spiro atoms. The molecular formula is C19H24N4O4S. The summed E-state index contributed by atoms with van der Waals surface area (Å²) in [6.07, 6.45) is 1.82. The topological polar surface area (TPSA) is 88.8 Å². The van der Waals surface area contributed by atoms with Gasteiger partial charge in [0.15, 0.2) is 0 Å². The maximum atomic E-state index is 12.6. The highest BCUT2D eigenvalue weighted by Gasteiger charge is 2.51. The molecule has 1 amide bonds. The molecule has 2 aromatic rings. The zero-order valence-corrected chi connectivity index (χ0v) is 16.9. The van der Waals surface area contributed by atoms with Gasteiger partial charge in [0, 0.05) is 39.5 Å². The monoisotopic (exact) mass is 404 g/mol. The van der Waals surface area contributed by atoms with Crippen LogP contribution in [0.25, 0.3) is 0 Å². The van der Waals surface area contributed by atoms with Crippen molar-refractivity contribution in [2.45, 2.75) is 38.8 Å². The molecule has 1 unspecified atom stereocenters. The summed E-state index contributed by atoms with van der Waals surface area (Å²) < 4.78 is 10.9. The summed E-state index contributed by atoms with van der Waals surface area (Å²) in [5, 5.41) is 11.7. The molecule has 0 aliphatic carbocycles. The molecule has 1 atom stereocenters. The third kappa shape index (κ3) is 3.81. The van der Waals surface area contributed by atoms with Crippen molar-refractivity contribution < 1.29 is 18.7 Å². The van der Waals surface area contributed by atoms with Gasteiger partial charge in [-0.05, 0) is 42.3 Å². The highest BCUT2D eigenvalue weighted by atomic mass is 32.1. The maximum Gasteiger partial charge on any atom is 0.312 e. The van der Waals surface area contributed by atoms with Crippen LogP contribution in [0.5, 0.6) is 0 Å². The van der Waals surface area contributed by atoms with Crippen molar-refractivity contribution in [2.75, 3.05) is 26.7 Å². The number of likely N-dealkylation sites (tertiary alicyclic amines) is 1. The summed E-state index contributed by atoms with van der Waals surface area (Å²) in [6, 6.07) is 2.11. The number of likely N-dealkylation sites (N-methyl/N-ethyl adjacent to an activating group) is 1. The Morgan fingerprint density at radius 3 is 2.82 bits per heavy atom. The molecule has 4 heterocycles. The Kier molecular flexibility index (Phi) is 5.20. The second-order valence-corrected chi connectivity index (χ2v) is 8.54. The third-order valence-corrected chi connectivity index (χ3v) is 6.32. The highest BCUT2D eigenvalue weighted by Crippen LogP contribution is 2.43. The van der Waals surface area contributed by atoms with Crippen LogP contribution in [-0.2, 0) is 16.1 Å². The number of cyclic esters (lactones) is 1. The predicted molar refractivity (Wildman–Crippen MR) is 102 cm³/mol. The molecule has 0 aromatic carbocycles. The number of carbonyl (C=O) groups is 2. The van der Waals surface area contributed by atoms with E-state index < -0.39 is 5.41 Å². The zero-order chi connectivity index (χ0) is 19.7. The van der Waals surface area contributed by atoms with Gasteiger partial charge in [0.25, 0.3) is 0 Å². The molecule has 0 radical (unpaired) electrons. The Morgan fingerprint density at radius 2 is 2.18 bits per heavy atom. The number of ether oxygens (including phenoxy) is 1. The molecule has 0 bridgehead atoms. The first-order valence-corrected chi connectivity index (χ1v) is 10.4. The molecule has 4 rings (SSSR count). The fraction of sp³-hybridized carbons (Fsp3) is 0.579. The van der Waals surface area contributed by atoms with Gasteiger partial charge in [0.05, 0.1) is 5.41 Å². The Balaban J connectivity index is 1.32. The molecule has 8 nitrogen and oxygen atoms in total. The first kappa shape index (κ1) is 19.1. The summed E-state index contributed by atoms with van der Waals surface area (Å²) in [5.74, 6) is -0.0166. The van der Waals surface area contributed by atoms with E-state index in [1.165, 1.54) is 5.56 Å². The summed E-state index contributed by atoms with van der Waals surface area (Å²) in [6.45, 7) is 4.20. The van der Waals surface area contributed by atoms with E-state index in [-0.39, 0.29) is 23.9 Å². The van der Waals surface area contributed by atoms with Gasteiger partial charge < -0.3 is 14.1 Å². The molecule has 2 aliphatic rings. The number of aryl methyl sites for hydroxylation is 1. The summed E-state index contributed by atoms with van der Waals surface area (Å²) >= 11 is 1.69. The molecule has 0 saturated carbocycles. The van der Waals surface area contributed by atoms with Gasteiger partial charge in [-0.1, -0.05) is 0 Å². The number of nitrogens with zero attached hydrogens (tertiary/aromatic N) is 4. The highest BCUT2D eigenvalue weighted by molar-refractivity contribution is 7.07. The van der Waals surface area contributed by atoms with Gasteiger partial charge in [0.2, 0.25) is 5.89 Å². The van der Waals surface area contributed by atoms with Crippen molar-refractivity contribution in [1.82, 2.24) is 20.0 Å². The minimum Gasteiger partial charge on any atom is -0.461 e. The number of amides is 1. The summed E-state index contributed by atoms with van der Waals surface area (Å²) in [7, 11) is 2.05. The Bertz CT molecular complexity index is 842. The molecule has 0 N–H and O–H groups in total. The zero-order valence-electron chi connectivity index (χ0n) is 16.1. The van der Waals surface area contributed by atoms with Crippen LogP contribution in [0, 0.1) is 12.3 Å². The van der Waals surface area contributed by atoms with Crippen molar-refractivity contribution in [3.8, 4) is 0 Å². The first-order valence-electron chi connectivity index (χ1n) is 9.45. The van der Waals surface area contributed by atoms with E-state index in [1.54, 1.807) is 23.2 Å². The number of hydrogen-bond donors (Lipinski definition) is 0. The lowest BCUT2D eigenvalue weighted by molar-refractivity contribution is -0.151. The molecule has 2 fully saturated rings. The molecular weight excluding hydrogens is 380 g/mol. The van der Waals surface area contributed by atoms with Crippen molar-refractivity contribution in [3.63, 3.8) is 0 Å². The Morgan fingerprint density at radius 1 is 1.39 bits per heavy atom. The van der Waals surface area contributed by atoms with Crippen LogP contribution in [0.4, 0.5) is 0 Å². The Labute approximate surface area is 167 Å². The van der Waals surface area contributed by atoms with Crippen LogP contribution >= 0.6 is 11.3 Å². The van der Waals surface area contributed by atoms with Crippen molar-refractivity contribution in [2.24, 2.45) is 5.41 Å². The van der Waals surface area contributed by atoms with E-state index in [1.807, 2.05) is 7.05 Å². The molecule has 2 aliphatic heterocycles. The SMILES string of the molecule is Cc1nnc(C(=O)N2CCC3(CC2)CC(CN(C)Cc2ccsc2)OC3=O)o1. The second kappa shape index (κ2) is 7.63. The molecule has 150 valence electrons. The standard InChI is InChI=1S/C19H24N4O4S/c1-13-20-21-16(26-13)17(24)23-6-4-19(5-7-23)9-15(27-18(19)25)11-22(2)10-14-3-8-28-12-14/h3,8,12,15H,4-7,9-11H2,1-2H3. The number of thiophene rings is 1. The van der Waals surface area contributed by atoms with Gasteiger partial charge in [-0.15, -0.1) is 10.2 Å². The summed E-state index contributed by atoms with van der Waals surface area (Å²) in [5.41, 5.74) is 0.796. The molecule has 2 saturated heterocycles. The maximum absolute atomic E-state index is 12.6. The van der Waals surface area contributed by atoms with Gasteiger partial charge in [0.1, 0.15) is 6.10 Å². The number of piperidine rings is 1. The van der Waals surface area contributed by atoms with Crippen LogP contribution < -0.4 is 0 Å². The van der Waals surface area contributed by atoms with E-state index in [0.29, 0.717) is 44.8 Å². The lowest BCUT2D eigenvalue weighted by Crippen LogP contribution is -2.45. The number of aromatic nitrogens is 2. The molecule has 9 heteroatoms. The average molecular weight is 404 g/mol. The fourth-order valence-electron chi connectivity index (χ4n) is 4.11. The van der Waals surface area contributed by atoms with E-state index in [0.717, 1.165) is 6.54 Å². The lowest BCUT2D eigenvalue weighted by Gasteiger charge is -2.35. The van der Waals surface area contributed by atoms with Crippen LogP contribution in [0.2, 0.25) is 0 Å². The largest absolute Gasteiger partial charge is 0.461 e. The number of rotatable bonds is 5. The van der Waals surface area contributed by atoms with Crippen molar-refractivity contribution in [3.05, 3.63) is 34.2 Å². The van der Waals surface area contributed by atoms with E-state index in [9.17, 15) is 9.59 Å². The third-order valence-electron chi connectivity index (χ3n) is 5.59. The van der Waals surface area contributed by atoms with Crippen molar-refractivity contribution in [1.29, 1.82) is 0 Å². The fourth-order valence-corrected chi connectivity index (χ4v) is 4.77. The summed E-state index contributed by atoms with van der Waals surface area (Å²) in [4.78, 5) is 29.0. The minimum absolute atomic E-state index is 0.00961. The van der Waals surface area contributed by atoms with Crippen LogP contribution in [0.15, 0.2) is 21.2 Å². The van der Waals surface area contributed by atoms with Crippen molar-refractivity contribution >= 4 is 23.2 Å². The predicted octanol–water partition coefficient (Wildman–Crippen LogP) is 2.11. The average Bonchev–Trinajstić information content (AvgIpc) is 3.38. The van der Waals surface area contributed by atoms with Gasteiger partial charge in [-0.25, -0.2) is 0 Å². The van der Waals surface area contributed by atoms with Gasteiger partial charge >= 0.3 is 17.8 Å². The second-order valence-electron chi connectivity index (χ2n) is 7.76.